The van der Waals surface area contributed by atoms with Crippen molar-refractivity contribution in [2.24, 2.45) is 0 Å². The van der Waals surface area contributed by atoms with Crippen molar-refractivity contribution in [3.63, 3.8) is 0 Å². The lowest BCUT2D eigenvalue weighted by molar-refractivity contribution is 0.0285. The molecule has 10 heteroatoms. The average molecular weight is 469 g/mol. The van der Waals surface area contributed by atoms with Crippen LogP contribution in [-0.4, -0.2) is 47.2 Å². The molecule has 4 rings (SSSR count). The van der Waals surface area contributed by atoms with Crippen molar-refractivity contribution >= 4 is 57.5 Å². The molecule has 160 valence electrons. The van der Waals surface area contributed by atoms with Gasteiger partial charge in [0.15, 0.2) is 5.13 Å². The van der Waals surface area contributed by atoms with Crippen LogP contribution < -0.4 is 10.2 Å². The SMILES string of the molecule is CC(C)(C)OC(=O)N1CCC2(C1)CN(C(=O)Nc1ncc(Cl)s1)c1ccc(Cl)cc12. The van der Waals surface area contributed by atoms with Crippen molar-refractivity contribution in [2.45, 2.75) is 38.2 Å². The van der Waals surface area contributed by atoms with E-state index in [0.29, 0.717) is 40.5 Å². The molecule has 7 nitrogen and oxygen atoms in total. The highest BCUT2D eigenvalue weighted by atomic mass is 35.5. The van der Waals surface area contributed by atoms with Crippen molar-refractivity contribution < 1.29 is 14.3 Å². The van der Waals surface area contributed by atoms with Crippen LogP contribution in [0.4, 0.5) is 20.4 Å². The molecular formula is C20H22Cl2N4O3S. The number of nitrogens with zero attached hydrogens (tertiary/aromatic N) is 3. The fourth-order valence-corrected chi connectivity index (χ4v) is 4.97. The molecule has 0 bridgehead atoms. The highest BCUT2D eigenvalue weighted by Gasteiger charge is 2.50. The van der Waals surface area contributed by atoms with Crippen LogP contribution in [0, 0.1) is 0 Å². The number of aromatic nitrogens is 1. The van der Waals surface area contributed by atoms with Crippen LogP contribution in [0.1, 0.15) is 32.8 Å². The third-order valence-electron chi connectivity index (χ3n) is 5.22. The number of anilines is 2. The van der Waals surface area contributed by atoms with Crippen molar-refractivity contribution in [3.8, 4) is 0 Å². The summed E-state index contributed by atoms with van der Waals surface area (Å²) >= 11 is 13.4. The average Bonchev–Trinajstić information content (AvgIpc) is 3.33. The van der Waals surface area contributed by atoms with E-state index in [0.717, 1.165) is 11.3 Å². The van der Waals surface area contributed by atoms with Crippen LogP contribution in [-0.2, 0) is 10.2 Å². The van der Waals surface area contributed by atoms with Crippen molar-refractivity contribution in [3.05, 3.63) is 39.3 Å². The van der Waals surface area contributed by atoms with Gasteiger partial charge in [-0.15, -0.1) is 0 Å². The number of nitrogens with one attached hydrogen (secondary N) is 1. The number of ether oxygens (including phenoxy) is 1. The summed E-state index contributed by atoms with van der Waals surface area (Å²) in [6.45, 7) is 6.99. The first-order valence-corrected chi connectivity index (χ1v) is 11.1. The van der Waals surface area contributed by atoms with Gasteiger partial charge in [-0.25, -0.2) is 14.6 Å². The smallest absolute Gasteiger partial charge is 0.410 e. The van der Waals surface area contributed by atoms with E-state index in [1.807, 2.05) is 32.9 Å². The first-order valence-electron chi connectivity index (χ1n) is 9.54. The molecule has 30 heavy (non-hydrogen) atoms. The predicted molar refractivity (Wildman–Crippen MR) is 119 cm³/mol. The number of carbonyl (C=O) groups is 2. The minimum Gasteiger partial charge on any atom is -0.444 e. The molecule has 1 saturated heterocycles. The second-order valence-corrected chi connectivity index (χ2v) is 10.7. The molecule has 0 aliphatic carbocycles. The van der Waals surface area contributed by atoms with Gasteiger partial charge in [0.2, 0.25) is 0 Å². The molecule has 2 aliphatic rings. The summed E-state index contributed by atoms with van der Waals surface area (Å²) in [5.74, 6) is 0. The van der Waals surface area contributed by atoms with Gasteiger partial charge in [-0.05, 0) is 51.0 Å². The topological polar surface area (TPSA) is 74.8 Å². The van der Waals surface area contributed by atoms with E-state index in [4.69, 9.17) is 27.9 Å². The zero-order valence-corrected chi connectivity index (χ0v) is 19.2. The van der Waals surface area contributed by atoms with E-state index in [2.05, 4.69) is 10.3 Å². The van der Waals surface area contributed by atoms with E-state index in [1.54, 1.807) is 15.9 Å². The van der Waals surface area contributed by atoms with Crippen molar-refractivity contribution in [2.75, 3.05) is 29.9 Å². The number of benzene rings is 1. The van der Waals surface area contributed by atoms with Crippen LogP contribution in [0.15, 0.2) is 24.4 Å². The molecule has 2 aromatic rings. The van der Waals surface area contributed by atoms with Gasteiger partial charge >= 0.3 is 12.1 Å². The van der Waals surface area contributed by atoms with Crippen LogP contribution in [0.25, 0.3) is 0 Å². The number of urea groups is 1. The standard InChI is InChI=1S/C20H22Cl2N4O3S/c1-19(2,3)29-18(28)25-7-6-20(10-25)11-26(14-5-4-12(21)8-13(14)20)17(27)24-16-23-9-15(22)30-16/h4-5,8-9H,6-7,10-11H2,1-3H3,(H,23,24,27). The number of hydrogen-bond donors (Lipinski definition) is 1. The maximum atomic E-state index is 13.0. The third kappa shape index (κ3) is 4.08. The van der Waals surface area contributed by atoms with Gasteiger partial charge < -0.3 is 9.64 Å². The monoisotopic (exact) mass is 468 g/mol. The number of rotatable bonds is 1. The lowest BCUT2D eigenvalue weighted by Crippen LogP contribution is -2.42. The van der Waals surface area contributed by atoms with Crippen LogP contribution in [0.2, 0.25) is 9.36 Å². The molecule has 3 heterocycles. The molecule has 1 unspecified atom stereocenters. The molecule has 1 aromatic heterocycles. The van der Waals surface area contributed by atoms with Crippen molar-refractivity contribution in [1.82, 2.24) is 9.88 Å². The summed E-state index contributed by atoms with van der Waals surface area (Å²) in [6.07, 6.45) is 1.87. The maximum absolute atomic E-state index is 13.0. The van der Waals surface area contributed by atoms with E-state index in [9.17, 15) is 9.59 Å². The number of halogens is 2. The number of likely N-dealkylation sites (tertiary alicyclic amines) is 1. The van der Waals surface area contributed by atoms with Gasteiger partial charge in [0.25, 0.3) is 0 Å². The largest absolute Gasteiger partial charge is 0.444 e. The molecule has 0 saturated carbocycles. The molecule has 0 radical (unpaired) electrons. The molecule has 3 amide bonds. The normalized spacial score (nSPS) is 20.6. The van der Waals surface area contributed by atoms with Gasteiger partial charge in [-0.2, -0.15) is 0 Å². The predicted octanol–water partition coefficient (Wildman–Crippen LogP) is 5.38. The Morgan fingerprint density at radius 3 is 2.70 bits per heavy atom. The Labute approximate surface area is 188 Å². The zero-order valence-electron chi connectivity index (χ0n) is 16.9. The fraction of sp³-hybridized carbons (Fsp3) is 0.450. The molecule has 1 fully saturated rings. The van der Waals surface area contributed by atoms with Crippen LogP contribution in [0.5, 0.6) is 0 Å². The summed E-state index contributed by atoms with van der Waals surface area (Å²) in [5.41, 5.74) is 0.790. The minimum absolute atomic E-state index is 0.294. The van der Waals surface area contributed by atoms with Crippen LogP contribution >= 0.6 is 34.5 Å². The molecule has 1 atom stereocenters. The van der Waals surface area contributed by atoms with E-state index < -0.39 is 11.0 Å². The summed E-state index contributed by atoms with van der Waals surface area (Å²) in [7, 11) is 0. The van der Waals surface area contributed by atoms with Crippen molar-refractivity contribution in [1.29, 1.82) is 0 Å². The zero-order chi connectivity index (χ0) is 21.7. The van der Waals surface area contributed by atoms with Gasteiger partial charge in [-0.3, -0.25) is 10.2 Å². The number of fused-ring (bicyclic) bond motifs is 2. The highest BCUT2D eigenvalue weighted by molar-refractivity contribution is 7.19. The molecular weight excluding hydrogens is 447 g/mol. The summed E-state index contributed by atoms with van der Waals surface area (Å²) in [6, 6.07) is 5.21. The number of carbonyl (C=O) groups excluding carboxylic acids is 2. The highest BCUT2D eigenvalue weighted by Crippen LogP contribution is 2.47. The second kappa shape index (κ2) is 7.59. The third-order valence-corrected chi connectivity index (χ3v) is 6.49. The lowest BCUT2D eigenvalue weighted by atomic mass is 9.81. The lowest BCUT2D eigenvalue weighted by Gasteiger charge is -2.27. The molecule has 1 spiro atoms. The number of thiazole rings is 1. The Morgan fingerprint density at radius 2 is 2.03 bits per heavy atom. The van der Waals surface area contributed by atoms with Gasteiger partial charge in [0.1, 0.15) is 9.94 Å². The molecule has 1 N–H and O–H groups in total. The summed E-state index contributed by atoms with van der Waals surface area (Å²) < 4.78 is 6.04. The first kappa shape index (κ1) is 21.2. The van der Waals surface area contributed by atoms with E-state index in [1.165, 1.54) is 17.5 Å². The number of amides is 3. The summed E-state index contributed by atoms with van der Waals surface area (Å²) in [4.78, 5) is 33.1. The van der Waals surface area contributed by atoms with Gasteiger partial charge in [0, 0.05) is 35.8 Å². The Bertz CT molecular complexity index is 1010. The summed E-state index contributed by atoms with van der Waals surface area (Å²) in [5, 5.41) is 3.83. The quantitative estimate of drug-likeness (QED) is 0.609. The Hall–Kier alpha value is -2.03. The molecule has 2 aliphatic heterocycles. The maximum Gasteiger partial charge on any atom is 0.410 e. The van der Waals surface area contributed by atoms with Gasteiger partial charge in [-0.1, -0.05) is 34.5 Å². The molecule has 1 aromatic carbocycles. The first-order chi connectivity index (χ1) is 14.1. The Balaban J connectivity index is 1.59. The minimum atomic E-state index is -0.565. The van der Waals surface area contributed by atoms with Gasteiger partial charge in [0.05, 0.1) is 6.20 Å². The number of hydrogen-bond acceptors (Lipinski definition) is 5. The fourth-order valence-electron chi connectivity index (χ4n) is 4.00. The second-order valence-electron chi connectivity index (χ2n) is 8.58. The van der Waals surface area contributed by atoms with Crippen LogP contribution in [0.3, 0.4) is 0 Å². The Kier molecular flexibility index (Phi) is 5.36. The van der Waals surface area contributed by atoms with E-state index >= 15 is 0 Å². The van der Waals surface area contributed by atoms with E-state index in [-0.39, 0.29) is 12.1 Å². The Morgan fingerprint density at radius 1 is 1.27 bits per heavy atom.